The van der Waals surface area contributed by atoms with E-state index in [0.717, 1.165) is 18.6 Å². The van der Waals surface area contributed by atoms with Crippen LogP contribution in [0.25, 0.3) is 0 Å². The first-order valence-electron chi connectivity index (χ1n) is 13.7. The Hall–Kier alpha value is -3.82. The summed E-state index contributed by atoms with van der Waals surface area (Å²) in [6.45, 7) is 7.03. The van der Waals surface area contributed by atoms with Crippen LogP contribution in [0.15, 0.2) is 42.6 Å². The van der Waals surface area contributed by atoms with Gasteiger partial charge in [0.05, 0.1) is 7.11 Å². The van der Waals surface area contributed by atoms with E-state index in [1.165, 1.54) is 26.3 Å². The summed E-state index contributed by atoms with van der Waals surface area (Å²) < 4.78 is 28.0. The SMILES string of the molecule is COc1ccnc(C(=O)NC2CCCC(Oc3ccccc3)C(CCC(C)C)C(C)OC2=O)c1OCOC(C)=O. The van der Waals surface area contributed by atoms with Crippen LogP contribution >= 0.6 is 0 Å². The van der Waals surface area contributed by atoms with E-state index in [1.807, 2.05) is 37.3 Å². The molecule has 1 N–H and O–H groups in total. The number of para-hydroxylation sites is 1. The predicted octanol–water partition coefficient (Wildman–Crippen LogP) is 4.70. The minimum atomic E-state index is -0.898. The van der Waals surface area contributed by atoms with Gasteiger partial charge in [0.25, 0.3) is 5.91 Å². The summed E-state index contributed by atoms with van der Waals surface area (Å²) >= 11 is 0. The van der Waals surface area contributed by atoms with E-state index >= 15 is 0 Å². The zero-order valence-electron chi connectivity index (χ0n) is 23.9. The third-order valence-corrected chi connectivity index (χ3v) is 6.83. The number of esters is 2. The number of hydrogen-bond acceptors (Lipinski definition) is 9. The summed E-state index contributed by atoms with van der Waals surface area (Å²) in [7, 11) is 1.41. The first kappa shape index (κ1) is 30.7. The first-order valence-corrected chi connectivity index (χ1v) is 13.7. The molecule has 10 heteroatoms. The maximum absolute atomic E-state index is 13.3. The number of cyclic esters (lactones) is 1. The Morgan fingerprint density at radius 1 is 1.15 bits per heavy atom. The molecular weight excluding hydrogens is 516 g/mol. The van der Waals surface area contributed by atoms with E-state index in [0.29, 0.717) is 25.2 Å². The zero-order valence-corrected chi connectivity index (χ0v) is 23.9. The molecule has 4 atom stereocenters. The number of aromatic nitrogens is 1. The molecule has 10 nitrogen and oxygen atoms in total. The number of ether oxygens (including phenoxy) is 5. The van der Waals surface area contributed by atoms with Crippen LogP contribution in [0.3, 0.4) is 0 Å². The van der Waals surface area contributed by atoms with Gasteiger partial charge in [0.1, 0.15) is 24.0 Å². The lowest BCUT2D eigenvalue weighted by atomic mass is 9.86. The number of pyridine rings is 1. The van der Waals surface area contributed by atoms with Gasteiger partial charge in [-0.15, -0.1) is 0 Å². The lowest BCUT2D eigenvalue weighted by molar-refractivity contribution is -0.154. The lowest BCUT2D eigenvalue weighted by Gasteiger charge is -2.32. The van der Waals surface area contributed by atoms with Gasteiger partial charge in [0.2, 0.25) is 6.79 Å². The molecule has 2 aromatic rings. The van der Waals surface area contributed by atoms with Crippen LogP contribution in [0.4, 0.5) is 0 Å². The highest BCUT2D eigenvalue weighted by Gasteiger charge is 2.36. The number of nitrogens with one attached hydrogen (secondary N) is 1. The Labute approximate surface area is 235 Å². The Morgan fingerprint density at radius 3 is 2.58 bits per heavy atom. The van der Waals surface area contributed by atoms with E-state index in [9.17, 15) is 14.4 Å². The van der Waals surface area contributed by atoms with Crippen molar-refractivity contribution in [2.75, 3.05) is 13.9 Å². The highest BCUT2D eigenvalue weighted by molar-refractivity contribution is 5.98. The van der Waals surface area contributed by atoms with Gasteiger partial charge in [-0.1, -0.05) is 38.5 Å². The second-order valence-corrected chi connectivity index (χ2v) is 10.3. The number of rotatable bonds is 11. The topological polar surface area (TPSA) is 122 Å². The first-order chi connectivity index (χ1) is 19.2. The molecule has 4 unspecified atom stereocenters. The number of amides is 1. The van der Waals surface area contributed by atoms with Crippen LogP contribution in [0, 0.1) is 11.8 Å². The van der Waals surface area contributed by atoms with Crippen LogP contribution in [0.1, 0.15) is 70.3 Å². The van der Waals surface area contributed by atoms with Crippen LogP contribution in [-0.2, 0) is 19.1 Å². The van der Waals surface area contributed by atoms with Gasteiger partial charge in [-0.05, 0) is 50.7 Å². The van der Waals surface area contributed by atoms with Gasteiger partial charge >= 0.3 is 11.9 Å². The smallest absolute Gasteiger partial charge is 0.328 e. The molecule has 1 amide bonds. The Bertz CT molecular complexity index is 1120. The van der Waals surface area contributed by atoms with Crippen molar-refractivity contribution in [1.29, 1.82) is 0 Å². The second-order valence-electron chi connectivity index (χ2n) is 10.3. The fourth-order valence-electron chi connectivity index (χ4n) is 4.70. The molecule has 1 aliphatic heterocycles. The molecule has 0 bridgehead atoms. The minimum absolute atomic E-state index is 0.00127. The van der Waals surface area contributed by atoms with Gasteiger partial charge in [0.15, 0.2) is 17.2 Å². The average Bonchev–Trinajstić information content (AvgIpc) is 2.96. The molecule has 1 aliphatic rings. The number of benzene rings is 1. The number of carbonyl (C=O) groups is 3. The number of hydrogen-bond donors (Lipinski definition) is 1. The Morgan fingerprint density at radius 2 is 1.90 bits per heavy atom. The van der Waals surface area contributed by atoms with Gasteiger partial charge in [-0.25, -0.2) is 9.78 Å². The average molecular weight is 557 g/mol. The monoisotopic (exact) mass is 556 g/mol. The molecule has 0 radical (unpaired) electrons. The largest absolute Gasteiger partial charge is 0.493 e. The Kier molecular flexibility index (Phi) is 11.6. The normalized spacial score (nSPS) is 21.3. The van der Waals surface area contributed by atoms with Crippen LogP contribution < -0.4 is 19.5 Å². The van der Waals surface area contributed by atoms with Crippen molar-refractivity contribution in [2.24, 2.45) is 11.8 Å². The molecule has 1 fully saturated rings. The van der Waals surface area contributed by atoms with Crippen molar-refractivity contribution < 1.29 is 38.1 Å². The van der Waals surface area contributed by atoms with Crippen molar-refractivity contribution in [1.82, 2.24) is 10.3 Å². The number of nitrogens with zero attached hydrogens (tertiary/aromatic N) is 1. The number of methoxy groups -OCH3 is 1. The van der Waals surface area contributed by atoms with Gasteiger partial charge in [0, 0.05) is 25.1 Å². The molecule has 1 aromatic carbocycles. The lowest BCUT2D eigenvalue weighted by Crippen LogP contribution is -2.44. The molecular formula is C30H40N2O8. The van der Waals surface area contributed by atoms with Crippen LogP contribution in [0.2, 0.25) is 0 Å². The van der Waals surface area contributed by atoms with E-state index in [4.69, 9.17) is 23.7 Å². The maximum atomic E-state index is 13.3. The molecule has 1 saturated heterocycles. The van der Waals surface area contributed by atoms with E-state index < -0.39 is 36.8 Å². The van der Waals surface area contributed by atoms with E-state index in [1.54, 1.807) is 0 Å². The van der Waals surface area contributed by atoms with Crippen molar-refractivity contribution in [2.45, 2.75) is 78.0 Å². The fraction of sp³-hybridized carbons (Fsp3) is 0.533. The molecule has 1 aromatic heterocycles. The summed E-state index contributed by atoms with van der Waals surface area (Å²) in [6, 6.07) is 10.3. The van der Waals surface area contributed by atoms with Crippen molar-refractivity contribution in [3.8, 4) is 17.2 Å². The quantitative estimate of drug-likeness (QED) is 0.310. The second kappa shape index (κ2) is 15.1. The van der Waals surface area contributed by atoms with Gasteiger partial charge in [-0.3, -0.25) is 9.59 Å². The summed E-state index contributed by atoms with van der Waals surface area (Å²) in [5.41, 5.74) is -0.104. The highest BCUT2D eigenvalue weighted by atomic mass is 16.7. The molecule has 0 saturated carbocycles. The predicted molar refractivity (Wildman–Crippen MR) is 147 cm³/mol. The summed E-state index contributed by atoms with van der Waals surface area (Å²) in [5, 5.41) is 2.76. The molecule has 3 rings (SSSR count). The summed E-state index contributed by atoms with van der Waals surface area (Å²) in [6.07, 6.45) is 4.31. The summed E-state index contributed by atoms with van der Waals surface area (Å²) in [4.78, 5) is 41.9. The van der Waals surface area contributed by atoms with Gasteiger partial charge in [-0.2, -0.15) is 0 Å². The minimum Gasteiger partial charge on any atom is -0.493 e. The molecule has 0 spiro atoms. The third kappa shape index (κ3) is 8.86. The fourth-order valence-corrected chi connectivity index (χ4v) is 4.70. The summed E-state index contributed by atoms with van der Waals surface area (Å²) in [5.74, 6) is -0.215. The van der Waals surface area contributed by atoms with Crippen molar-refractivity contribution in [3.05, 3.63) is 48.3 Å². The van der Waals surface area contributed by atoms with Gasteiger partial charge < -0.3 is 29.0 Å². The molecule has 2 heterocycles. The number of carbonyl (C=O) groups excluding carboxylic acids is 3. The molecule has 218 valence electrons. The van der Waals surface area contributed by atoms with Crippen molar-refractivity contribution in [3.63, 3.8) is 0 Å². The van der Waals surface area contributed by atoms with Crippen LogP contribution in [0.5, 0.6) is 17.2 Å². The third-order valence-electron chi connectivity index (χ3n) is 6.83. The van der Waals surface area contributed by atoms with E-state index in [2.05, 4.69) is 24.1 Å². The maximum Gasteiger partial charge on any atom is 0.328 e. The zero-order chi connectivity index (χ0) is 29.1. The highest BCUT2D eigenvalue weighted by Crippen LogP contribution is 2.32. The Balaban J connectivity index is 1.78. The van der Waals surface area contributed by atoms with Crippen LogP contribution in [-0.4, -0.2) is 55.0 Å². The molecule has 0 aliphatic carbocycles. The molecule has 40 heavy (non-hydrogen) atoms. The van der Waals surface area contributed by atoms with E-state index in [-0.39, 0.29) is 29.2 Å². The van der Waals surface area contributed by atoms with Crippen molar-refractivity contribution >= 4 is 17.8 Å². The standard InChI is InChI=1S/C30H40N2O8/c1-19(2)14-15-23-20(3)39-30(35)24(12-9-13-25(23)40-22-10-7-6-8-11-22)32-29(34)27-28(38-18-37-21(4)33)26(36-5)16-17-31-27/h6-8,10-11,16-17,19-20,23-25H,9,12-15,18H2,1-5H3,(H,32,34).